The third kappa shape index (κ3) is 2.57. The molecular formula is C17H26O6. The second-order valence-electron chi connectivity index (χ2n) is 6.69. The molecule has 23 heavy (non-hydrogen) atoms. The summed E-state index contributed by atoms with van der Waals surface area (Å²) in [5.41, 5.74) is 0.391. The number of carbonyl (C=O) groups is 1. The summed E-state index contributed by atoms with van der Waals surface area (Å²) in [7, 11) is 2.98. The van der Waals surface area contributed by atoms with Gasteiger partial charge < -0.3 is 23.7 Å². The predicted octanol–water partition coefficient (Wildman–Crippen LogP) is 2.38. The van der Waals surface area contributed by atoms with Crippen LogP contribution < -0.4 is 0 Å². The van der Waals surface area contributed by atoms with Crippen LogP contribution in [0.1, 0.15) is 39.0 Å². The Morgan fingerprint density at radius 2 is 2.00 bits per heavy atom. The Hall–Kier alpha value is -1.11. The lowest BCUT2D eigenvalue weighted by Crippen LogP contribution is -2.57. The maximum absolute atomic E-state index is 12.5. The van der Waals surface area contributed by atoms with Gasteiger partial charge in [0.15, 0.2) is 12.6 Å². The van der Waals surface area contributed by atoms with Crippen LogP contribution in [-0.2, 0) is 28.5 Å². The number of rotatable bonds is 4. The fraction of sp³-hybridized carbons (Fsp3) is 0.824. The van der Waals surface area contributed by atoms with Gasteiger partial charge in [-0.3, -0.25) is 0 Å². The first-order valence-corrected chi connectivity index (χ1v) is 8.29. The van der Waals surface area contributed by atoms with E-state index >= 15 is 0 Å². The second kappa shape index (κ2) is 6.42. The SMILES string of the molecule is COCOC1=C(C(=O)OC)C2CCCC3(OCCO3)[C@]2(C)CC1. The summed E-state index contributed by atoms with van der Waals surface area (Å²) < 4.78 is 27.9. The molecule has 0 radical (unpaired) electrons. The van der Waals surface area contributed by atoms with Crippen molar-refractivity contribution in [2.45, 2.75) is 44.8 Å². The van der Waals surface area contributed by atoms with Gasteiger partial charge in [0.2, 0.25) is 0 Å². The number of allylic oxidation sites excluding steroid dienone is 1. The van der Waals surface area contributed by atoms with Crippen molar-refractivity contribution in [2.75, 3.05) is 34.2 Å². The quantitative estimate of drug-likeness (QED) is 0.584. The first-order valence-electron chi connectivity index (χ1n) is 8.29. The van der Waals surface area contributed by atoms with Crippen molar-refractivity contribution in [3.8, 4) is 0 Å². The Morgan fingerprint density at radius 1 is 1.26 bits per heavy atom. The van der Waals surface area contributed by atoms with E-state index in [4.69, 9.17) is 23.7 Å². The van der Waals surface area contributed by atoms with Crippen LogP contribution in [0.2, 0.25) is 0 Å². The molecule has 3 aliphatic rings. The number of ether oxygens (including phenoxy) is 5. The first-order chi connectivity index (χ1) is 11.1. The Morgan fingerprint density at radius 3 is 2.65 bits per heavy atom. The summed E-state index contributed by atoms with van der Waals surface area (Å²) in [5, 5.41) is 0. The maximum Gasteiger partial charge on any atom is 0.337 e. The van der Waals surface area contributed by atoms with Crippen LogP contribution in [0.25, 0.3) is 0 Å². The highest BCUT2D eigenvalue weighted by atomic mass is 16.7. The minimum Gasteiger partial charge on any atom is -0.471 e. The first kappa shape index (κ1) is 16.7. The van der Waals surface area contributed by atoms with E-state index in [2.05, 4.69) is 6.92 Å². The number of hydrogen-bond donors (Lipinski definition) is 0. The minimum atomic E-state index is -0.581. The van der Waals surface area contributed by atoms with Crippen LogP contribution in [0.15, 0.2) is 11.3 Å². The molecule has 0 bridgehead atoms. The van der Waals surface area contributed by atoms with Gasteiger partial charge in [0, 0.05) is 31.3 Å². The highest BCUT2D eigenvalue weighted by molar-refractivity contribution is 5.90. The van der Waals surface area contributed by atoms with Crippen molar-refractivity contribution >= 4 is 5.97 Å². The van der Waals surface area contributed by atoms with Gasteiger partial charge in [0.25, 0.3) is 0 Å². The molecule has 130 valence electrons. The van der Waals surface area contributed by atoms with Crippen molar-refractivity contribution < 1.29 is 28.5 Å². The topological polar surface area (TPSA) is 63.2 Å². The predicted molar refractivity (Wildman–Crippen MR) is 81.3 cm³/mol. The zero-order chi connectivity index (χ0) is 16.5. The van der Waals surface area contributed by atoms with Gasteiger partial charge >= 0.3 is 5.97 Å². The molecule has 0 N–H and O–H groups in total. The third-order valence-electron chi connectivity index (χ3n) is 5.67. The smallest absolute Gasteiger partial charge is 0.337 e. The average Bonchev–Trinajstić information content (AvgIpc) is 3.03. The maximum atomic E-state index is 12.5. The van der Waals surface area contributed by atoms with Crippen LogP contribution in [0.5, 0.6) is 0 Å². The van der Waals surface area contributed by atoms with Crippen LogP contribution >= 0.6 is 0 Å². The van der Waals surface area contributed by atoms with Crippen LogP contribution in [0.4, 0.5) is 0 Å². The van der Waals surface area contributed by atoms with E-state index in [1.165, 1.54) is 7.11 Å². The third-order valence-corrected chi connectivity index (χ3v) is 5.67. The summed E-state index contributed by atoms with van der Waals surface area (Å²) in [6.45, 7) is 3.55. The van der Waals surface area contributed by atoms with Crippen molar-refractivity contribution in [3.63, 3.8) is 0 Å². The molecule has 1 unspecified atom stereocenters. The fourth-order valence-corrected chi connectivity index (χ4v) is 4.51. The molecule has 1 heterocycles. The molecule has 2 fully saturated rings. The summed E-state index contributed by atoms with van der Waals surface area (Å²) in [4.78, 5) is 12.5. The molecule has 0 aromatic heterocycles. The second-order valence-corrected chi connectivity index (χ2v) is 6.69. The standard InChI is InChI=1S/C17H26O6/c1-16-8-6-13(21-11-19-2)14(15(18)20-3)12(16)5-4-7-17(16)22-9-10-23-17/h12H,4-11H2,1-3H3/t12?,16-/m1/s1. The van der Waals surface area contributed by atoms with Gasteiger partial charge in [0.1, 0.15) is 5.76 Å². The van der Waals surface area contributed by atoms with Crippen molar-refractivity contribution in [1.29, 1.82) is 0 Å². The molecule has 1 aliphatic heterocycles. The van der Waals surface area contributed by atoms with Crippen molar-refractivity contribution in [2.24, 2.45) is 11.3 Å². The highest BCUT2D eigenvalue weighted by Crippen LogP contribution is 2.59. The lowest BCUT2D eigenvalue weighted by Gasteiger charge is -2.54. The summed E-state index contributed by atoms with van der Waals surface area (Å²) in [5.74, 6) is -0.192. The normalized spacial score (nSPS) is 32.7. The number of fused-ring (bicyclic) bond motifs is 2. The molecule has 1 saturated carbocycles. The van der Waals surface area contributed by atoms with E-state index in [1.807, 2.05) is 0 Å². The average molecular weight is 326 g/mol. The molecule has 0 aromatic rings. The molecule has 6 nitrogen and oxygen atoms in total. The monoisotopic (exact) mass is 326 g/mol. The Kier molecular flexibility index (Phi) is 4.67. The van der Waals surface area contributed by atoms with E-state index < -0.39 is 5.79 Å². The largest absolute Gasteiger partial charge is 0.471 e. The van der Waals surface area contributed by atoms with Gasteiger partial charge in [-0.15, -0.1) is 0 Å². The van der Waals surface area contributed by atoms with E-state index in [1.54, 1.807) is 7.11 Å². The molecule has 1 saturated heterocycles. The number of methoxy groups -OCH3 is 2. The van der Waals surface area contributed by atoms with Crippen molar-refractivity contribution in [1.82, 2.24) is 0 Å². The summed E-state index contributed by atoms with van der Waals surface area (Å²) in [6, 6.07) is 0. The van der Waals surface area contributed by atoms with Gasteiger partial charge in [0.05, 0.1) is 25.9 Å². The van der Waals surface area contributed by atoms with Crippen LogP contribution in [-0.4, -0.2) is 46.0 Å². The van der Waals surface area contributed by atoms with Gasteiger partial charge in [-0.1, -0.05) is 6.92 Å². The fourth-order valence-electron chi connectivity index (χ4n) is 4.51. The highest BCUT2D eigenvalue weighted by Gasteiger charge is 2.61. The van der Waals surface area contributed by atoms with E-state index in [9.17, 15) is 4.79 Å². The van der Waals surface area contributed by atoms with E-state index in [0.717, 1.165) is 25.7 Å². The zero-order valence-corrected chi connectivity index (χ0v) is 14.2. The molecule has 0 amide bonds. The number of carbonyl (C=O) groups excluding carboxylic acids is 1. The van der Waals surface area contributed by atoms with E-state index in [-0.39, 0.29) is 24.1 Å². The lowest BCUT2D eigenvalue weighted by molar-refractivity contribution is -0.268. The molecule has 2 atom stereocenters. The summed E-state index contributed by atoms with van der Waals surface area (Å²) in [6.07, 6.45) is 4.27. The molecule has 0 aromatic carbocycles. The van der Waals surface area contributed by atoms with Gasteiger partial charge in [-0.2, -0.15) is 0 Å². The number of esters is 1. The lowest BCUT2D eigenvalue weighted by atomic mass is 9.56. The molecule has 1 spiro atoms. The number of hydrogen-bond acceptors (Lipinski definition) is 6. The van der Waals surface area contributed by atoms with Gasteiger partial charge in [-0.25, -0.2) is 4.79 Å². The zero-order valence-electron chi connectivity index (χ0n) is 14.2. The van der Waals surface area contributed by atoms with Gasteiger partial charge in [-0.05, 0) is 19.3 Å². The Bertz CT molecular complexity index is 493. The van der Waals surface area contributed by atoms with Crippen LogP contribution in [0.3, 0.4) is 0 Å². The van der Waals surface area contributed by atoms with Crippen LogP contribution in [0, 0.1) is 11.3 Å². The molecular weight excluding hydrogens is 300 g/mol. The Labute approximate surface area is 137 Å². The molecule has 6 heteroatoms. The van der Waals surface area contributed by atoms with Crippen molar-refractivity contribution in [3.05, 3.63) is 11.3 Å². The molecule has 3 rings (SSSR count). The minimum absolute atomic E-state index is 0.0161. The van der Waals surface area contributed by atoms with E-state index in [0.29, 0.717) is 31.0 Å². The Balaban J connectivity index is 1.99. The summed E-state index contributed by atoms with van der Waals surface area (Å²) >= 11 is 0. The molecule has 2 aliphatic carbocycles.